The van der Waals surface area contributed by atoms with Gasteiger partial charge in [0, 0.05) is 24.4 Å². The van der Waals surface area contributed by atoms with Crippen LogP contribution < -0.4 is 5.32 Å². The van der Waals surface area contributed by atoms with Crippen LogP contribution in [-0.4, -0.2) is 18.2 Å². The monoisotopic (exact) mass is 275 g/mol. The van der Waals surface area contributed by atoms with Crippen LogP contribution in [0.1, 0.15) is 50.0 Å². The van der Waals surface area contributed by atoms with Crippen molar-refractivity contribution in [3.63, 3.8) is 0 Å². The maximum absolute atomic E-state index is 11.8. The molecule has 1 aromatic rings. The van der Waals surface area contributed by atoms with Crippen LogP contribution in [0.4, 0.5) is 0 Å². The minimum absolute atomic E-state index is 0.0242. The number of amides is 1. The first-order valence-corrected chi connectivity index (χ1v) is 7.30. The Bertz CT molecular complexity index is 447. The molecule has 0 radical (unpaired) electrons. The Kier molecular flexibility index (Phi) is 6.43. The summed E-state index contributed by atoms with van der Waals surface area (Å²) in [6, 6.07) is 7.66. The van der Waals surface area contributed by atoms with E-state index in [4.69, 9.17) is 0 Å². The van der Waals surface area contributed by atoms with Gasteiger partial charge in [-0.25, -0.2) is 0 Å². The highest BCUT2D eigenvalue weighted by atomic mass is 16.1. The van der Waals surface area contributed by atoms with Crippen molar-refractivity contribution in [1.82, 2.24) is 5.32 Å². The lowest BCUT2D eigenvalue weighted by molar-refractivity contribution is -0.121. The molecule has 0 aromatic heterocycles. The quantitative estimate of drug-likeness (QED) is 0.777. The molecule has 0 saturated heterocycles. The van der Waals surface area contributed by atoms with E-state index < -0.39 is 0 Å². The fourth-order valence-corrected chi connectivity index (χ4v) is 1.96. The Hall–Kier alpha value is -1.64. The van der Waals surface area contributed by atoms with Crippen LogP contribution in [0.15, 0.2) is 24.3 Å². The van der Waals surface area contributed by atoms with Crippen LogP contribution in [0.3, 0.4) is 0 Å². The summed E-state index contributed by atoms with van der Waals surface area (Å²) < 4.78 is 0. The molecule has 1 N–H and O–H groups in total. The van der Waals surface area contributed by atoms with Crippen molar-refractivity contribution in [1.29, 1.82) is 0 Å². The lowest BCUT2D eigenvalue weighted by Gasteiger charge is -2.08. The van der Waals surface area contributed by atoms with E-state index in [1.165, 1.54) is 0 Å². The number of benzene rings is 1. The van der Waals surface area contributed by atoms with Gasteiger partial charge < -0.3 is 5.32 Å². The van der Waals surface area contributed by atoms with E-state index in [9.17, 15) is 9.59 Å². The highest BCUT2D eigenvalue weighted by molar-refractivity contribution is 5.97. The molecule has 3 heteroatoms. The van der Waals surface area contributed by atoms with Gasteiger partial charge in [-0.2, -0.15) is 0 Å². The van der Waals surface area contributed by atoms with Crippen molar-refractivity contribution < 1.29 is 9.59 Å². The summed E-state index contributed by atoms with van der Waals surface area (Å²) in [7, 11) is 0. The first-order chi connectivity index (χ1) is 9.40. The van der Waals surface area contributed by atoms with E-state index in [-0.39, 0.29) is 17.6 Å². The molecule has 0 aliphatic rings. The molecule has 0 aliphatic heterocycles. The third kappa shape index (κ3) is 5.55. The van der Waals surface area contributed by atoms with Gasteiger partial charge in [0.15, 0.2) is 5.78 Å². The summed E-state index contributed by atoms with van der Waals surface area (Å²) in [5.41, 5.74) is 1.89. The molecule has 0 heterocycles. The van der Waals surface area contributed by atoms with E-state index >= 15 is 0 Å². The molecule has 0 unspecified atom stereocenters. The van der Waals surface area contributed by atoms with Crippen molar-refractivity contribution in [2.75, 3.05) is 6.54 Å². The van der Waals surface area contributed by atoms with E-state index in [1.54, 1.807) is 0 Å². The second kappa shape index (κ2) is 7.83. The Morgan fingerprint density at radius 2 is 1.65 bits per heavy atom. The number of carbonyl (C=O) groups is 2. The fraction of sp³-hybridized carbons (Fsp3) is 0.529. The predicted octanol–water partition coefficient (Wildman–Crippen LogP) is 3.23. The summed E-state index contributed by atoms with van der Waals surface area (Å²) in [5.74, 6) is 0.681. The Balaban J connectivity index is 2.42. The molecule has 0 fully saturated rings. The Labute approximate surface area is 121 Å². The average Bonchev–Trinajstić information content (AvgIpc) is 2.37. The second-order valence-electron chi connectivity index (χ2n) is 5.91. The summed E-state index contributed by atoms with van der Waals surface area (Å²) in [5, 5.41) is 2.91. The molecule has 0 aliphatic carbocycles. The predicted molar refractivity (Wildman–Crippen MR) is 81.8 cm³/mol. The lowest BCUT2D eigenvalue weighted by Crippen LogP contribution is -2.26. The normalized spacial score (nSPS) is 10.9. The zero-order chi connectivity index (χ0) is 15.1. The van der Waals surface area contributed by atoms with Crippen LogP contribution >= 0.6 is 0 Å². The molecule has 1 rings (SSSR count). The molecule has 110 valence electrons. The van der Waals surface area contributed by atoms with Gasteiger partial charge in [0.25, 0.3) is 0 Å². The van der Waals surface area contributed by atoms with Crippen LogP contribution in [0, 0.1) is 11.8 Å². The van der Waals surface area contributed by atoms with Gasteiger partial charge >= 0.3 is 0 Å². The Morgan fingerprint density at radius 1 is 1.05 bits per heavy atom. The first-order valence-electron chi connectivity index (χ1n) is 7.30. The molecule has 0 spiro atoms. The number of ketones is 1. The van der Waals surface area contributed by atoms with Crippen molar-refractivity contribution in [2.45, 2.75) is 40.5 Å². The van der Waals surface area contributed by atoms with Gasteiger partial charge in [0.05, 0.1) is 0 Å². The third-order valence-corrected chi connectivity index (χ3v) is 3.09. The van der Waals surface area contributed by atoms with Gasteiger partial charge in [-0.15, -0.1) is 0 Å². The summed E-state index contributed by atoms with van der Waals surface area (Å²) in [6.07, 6.45) is 1.36. The summed E-state index contributed by atoms with van der Waals surface area (Å²) in [4.78, 5) is 23.3. The molecule has 0 bridgehead atoms. The molecular weight excluding hydrogens is 250 g/mol. The summed E-state index contributed by atoms with van der Waals surface area (Å²) >= 11 is 0. The maximum atomic E-state index is 11.8. The second-order valence-corrected chi connectivity index (χ2v) is 5.91. The van der Waals surface area contributed by atoms with Crippen LogP contribution in [0.5, 0.6) is 0 Å². The van der Waals surface area contributed by atoms with E-state index in [1.807, 2.05) is 52.0 Å². The number of hydrogen-bond donors (Lipinski definition) is 1. The van der Waals surface area contributed by atoms with Gasteiger partial charge in [-0.05, 0) is 17.9 Å². The molecule has 20 heavy (non-hydrogen) atoms. The maximum Gasteiger partial charge on any atom is 0.220 e. The van der Waals surface area contributed by atoms with Crippen LogP contribution in [0.2, 0.25) is 0 Å². The van der Waals surface area contributed by atoms with Gasteiger partial charge in [0.1, 0.15) is 0 Å². The molecule has 0 atom stereocenters. The first kappa shape index (κ1) is 16.4. The average molecular weight is 275 g/mol. The topological polar surface area (TPSA) is 46.2 Å². The minimum atomic E-state index is 0.0242. The van der Waals surface area contributed by atoms with Crippen LogP contribution in [-0.2, 0) is 11.2 Å². The SMILES string of the molecule is CC(C)CC(=O)NCCc1ccc(C(=O)C(C)C)cc1. The number of hydrogen-bond acceptors (Lipinski definition) is 2. The highest BCUT2D eigenvalue weighted by Gasteiger charge is 2.09. The van der Waals surface area contributed by atoms with Gasteiger partial charge in [-0.1, -0.05) is 52.0 Å². The number of rotatable bonds is 7. The van der Waals surface area contributed by atoms with Gasteiger partial charge in [-0.3, -0.25) is 9.59 Å². The number of nitrogens with one attached hydrogen (secondary N) is 1. The number of carbonyl (C=O) groups excluding carboxylic acids is 2. The van der Waals surface area contributed by atoms with Crippen molar-refractivity contribution in [3.05, 3.63) is 35.4 Å². The highest BCUT2D eigenvalue weighted by Crippen LogP contribution is 2.10. The third-order valence-electron chi connectivity index (χ3n) is 3.09. The number of Topliss-reactive ketones (excluding diaryl/α,β-unsaturated/α-hetero) is 1. The van der Waals surface area contributed by atoms with E-state index in [0.717, 1.165) is 17.5 Å². The summed E-state index contributed by atoms with van der Waals surface area (Å²) in [6.45, 7) is 8.51. The van der Waals surface area contributed by atoms with Crippen molar-refractivity contribution in [3.8, 4) is 0 Å². The van der Waals surface area contributed by atoms with Gasteiger partial charge in [0.2, 0.25) is 5.91 Å². The molecule has 3 nitrogen and oxygen atoms in total. The molecule has 1 amide bonds. The standard InChI is InChI=1S/C17H25NO2/c1-12(2)11-16(19)18-10-9-14-5-7-15(8-6-14)17(20)13(3)4/h5-8,12-13H,9-11H2,1-4H3,(H,18,19). The smallest absolute Gasteiger partial charge is 0.220 e. The van der Waals surface area contributed by atoms with E-state index in [0.29, 0.717) is 18.9 Å². The van der Waals surface area contributed by atoms with Crippen molar-refractivity contribution >= 4 is 11.7 Å². The zero-order valence-electron chi connectivity index (χ0n) is 12.9. The molecule has 0 saturated carbocycles. The van der Waals surface area contributed by atoms with Crippen molar-refractivity contribution in [2.24, 2.45) is 11.8 Å². The largest absolute Gasteiger partial charge is 0.356 e. The molecule has 1 aromatic carbocycles. The van der Waals surface area contributed by atoms with Crippen LogP contribution in [0.25, 0.3) is 0 Å². The Morgan fingerprint density at radius 3 is 2.15 bits per heavy atom. The van der Waals surface area contributed by atoms with E-state index in [2.05, 4.69) is 5.32 Å². The lowest BCUT2D eigenvalue weighted by atomic mass is 9.99. The molecular formula is C17H25NO2. The minimum Gasteiger partial charge on any atom is -0.356 e. The zero-order valence-corrected chi connectivity index (χ0v) is 12.9. The fourth-order valence-electron chi connectivity index (χ4n) is 1.96.